The van der Waals surface area contributed by atoms with Gasteiger partial charge < -0.3 is 9.73 Å². The fraction of sp³-hybridized carbons (Fsp3) is 0.0833. The summed E-state index contributed by atoms with van der Waals surface area (Å²) in [7, 11) is 0. The SMILES string of the molecule is O=C(NCc1cc(Cl)ccc1F)c1ccc(Br)o1. The quantitative estimate of drug-likeness (QED) is 0.930. The third kappa shape index (κ3) is 3.11. The lowest BCUT2D eigenvalue weighted by Crippen LogP contribution is -2.22. The molecule has 0 aliphatic carbocycles. The van der Waals surface area contributed by atoms with Gasteiger partial charge in [-0.3, -0.25) is 4.79 Å². The third-order valence-electron chi connectivity index (χ3n) is 2.24. The summed E-state index contributed by atoms with van der Waals surface area (Å²) < 4.78 is 18.9. The van der Waals surface area contributed by atoms with Gasteiger partial charge in [-0.1, -0.05) is 11.6 Å². The van der Waals surface area contributed by atoms with Crippen LogP contribution in [-0.2, 0) is 6.54 Å². The molecule has 0 fully saturated rings. The number of carbonyl (C=O) groups excluding carboxylic acids is 1. The molecule has 0 saturated heterocycles. The molecule has 94 valence electrons. The van der Waals surface area contributed by atoms with Crippen LogP contribution in [0.4, 0.5) is 4.39 Å². The van der Waals surface area contributed by atoms with Crippen LogP contribution < -0.4 is 5.32 Å². The summed E-state index contributed by atoms with van der Waals surface area (Å²) in [4.78, 5) is 11.6. The van der Waals surface area contributed by atoms with E-state index in [2.05, 4.69) is 21.2 Å². The number of benzene rings is 1. The first kappa shape index (κ1) is 13.1. The van der Waals surface area contributed by atoms with Gasteiger partial charge in [0.15, 0.2) is 10.4 Å². The highest BCUT2D eigenvalue weighted by molar-refractivity contribution is 9.10. The van der Waals surface area contributed by atoms with Gasteiger partial charge in [0.05, 0.1) is 0 Å². The van der Waals surface area contributed by atoms with Crippen molar-refractivity contribution in [2.24, 2.45) is 0 Å². The van der Waals surface area contributed by atoms with E-state index in [0.29, 0.717) is 15.3 Å². The maximum atomic E-state index is 13.4. The Morgan fingerprint density at radius 1 is 1.39 bits per heavy atom. The first-order chi connectivity index (χ1) is 8.56. The zero-order valence-electron chi connectivity index (χ0n) is 9.04. The number of nitrogens with one attached hydrogen (secondary N) is 1. The zero-order chi connectivity index (χ0) is 13.1. The predicted octanol–water partition coefficient (Wildman–Crippen LogP) is 3.76. The maximum absolute atomic E-state index is 13.4. The summed E-state index contributed by atoms with van der Waals surface area (Å²) >= 11 is 8.84. The van der Waals surface area contributed by atoms with E-state index in [1.165, 1.54) is 24.3 Å². The number of hydrogen-bond donors (Lipinski definition) is 1. The molecule has 18 heavy (non-hydrogen) atoms. The van der Waals surface area contributed by atoms with Crippen LogP contribution in [0.5, 0.6) is 0 Å². The summed E-state index contributed by atoms with van der Waals surface area (Å²) in [5.41, 5.74) is 0.321. The standard InChI is InChI=1S/C12H8BrClFNO2/c13-11-4-3-10(18-11)12(17)16-6-7-5-8(14)1-2-9(7)15/h1-5H,6H2,(H,16,17). The first-order valence-electron chi connectivity index (χ1n) is 5.04. The lowest BCUT2D eigenvalue weighted by Gasteiger charge is -2.05. The minimum absolute atomic E-state index is 0.0452. The molecule has 0 unspecified atom stereocenters. The highest BCUT2D eigenvalue weighted by Gasteiger charge is 2.11. The van der Waals surface area contributed by atoms with E-state index in [4.69, 9.17) is 16.0 Å². The molecule has 0 aliphatic rings. The topological polar surface area (TPSA) is 42.2 Å². The second-order valence-electron chi connectivity index (χ2n) is 3.52. The van der Waals surface area contributed by atoms with Crippen LogP contribution in [0.2, 0.25) is 5.02 Å². The minimum Gasteiger partial charge on any atom is -0.444 e. The number of amides is 1. The minimum atomic E-state index is -0.417. The highest BCUT2D eigenvalue weighted by atomic mass is 79.9. The van der Waals surface area contributed by atoms with E-state index in [1.807, 2.05) is 0 Å². The molecule has 1 heterocycles. The molecule has 1 aromatic carbocycles. The van der Waals surface area contributed by atoms with E-state index in [9.17, 15) is 9.18 Å². The smallest absolute Gasteiger partial charge is 0.287 e. The molecular weight excluding hydrogens is 324 g/mol. The second kappa shape index (κ2) is 5.54. The molecule has 1 N–H and O–H groups in total. The van der Waals surface area contributed by atoms with E-state index in [0.717, 1.165) is 0 Å². The largest absolute Gasteiger partial charge is 0.444 e. The Morgan fingerprint density at radius 2 is 2.17 bits per heavy atom. The van der Waals surface area contributed by atoms with Crippen LogP contribution in [-0.4, -0.2) is 5.91 Å². The van der Waals surface area contributed by atoms with Crippen LogP contribution >= 0.6 is 27.5 Å². The van der Waals surface area contributed by atoms with Crippen LogP contribution in [0.3, 0.4) is 0 Å². The van der Waals surface area contributed by atoms with Gasteiger partial charge in [0.1, 0.15) is 5.82 Å². The summed E-state index contributed by atoms with van der Waals surface area (Å²) in [5.74, 6) is -0.676. The van der Waals surface area contributed by atoms with Gasteiger partial charge in [-0.15, -0.1) is 0 Å². The molecule has 2 rings (SSSR count). The van der Waals surface area contributed by atoms with Gasteiger partial charge in [0.2, 0.25) is 0 Å². The summed E-state index contributed by atoms with van der Waals surface area (Å²) in [5, 5.41) is 2.96. The van der Waals surface area contributed by atoms with E-state index >= 15 is 0 Å². The van der Waals surface area contributed by atoms with Gasteiger partial charge in [0.25, 0.3) is 5.91 Å². The maximum Gasteiger partial charge on any atom is 0.287 e. The van der Waals surface area contributed by atoms with Crippen molar-refractivity contribution in [2.45, 2.75) is 6.54 Å². The average molecular weight is 333 g/mol. The molecule has 0 saturated carbocycles. The van der Waals surface area contributed by atoms with Crippen molar-refractivity contribution >= 4 is 33.4 Å². The molecule has 3 nitrogen and oxygen atoms in total. The molecule has 0 radical (unpaired) electrons. The molecule has 0 bridgehead atoms. The Labute approximate surface area is 116 Å². The molecule has 1 aromatic heterocycles. The molecule has 2 aromatic rings. The number of rotatable bonds is 3. The van der Waals surface area contributed by atoms with Crippen molar-refractivity contribution in [3.8, 4) is 0 Å². The van der Waals surface area contributed by atoms with Crippen molar-refractivity contribution in [2.75, 3.05) is 0 Å². The van der Waals surface area contributed by atoms with Crippen LogP contribution in [0.1, 0.15) is 16.1 Å². The zero-order valence-corrected chi connectivity index (χ0v) is 11.4. The fourth-order valence-corrected chi connectivity index (χ4v) is 1.88. The molecule has 1 amide bonds. The summed E-state index contributed by atoms with van der Waals surface area (Å²) in [6.45, 7) is 0.0452. The molecule has 0 atom stereocenters. The van der Waals surface area contributed by atoms with Gasteiger partial charge in [-0.2, -0.15) is 0 Å². The molecule has 6 heteroatoms. The lowest BCUT2D eigenvalue weighted by molar-refractivity contribution is 0.0921. The van der Waals surface area contributed by atoms with Crippen molar-refractivity contribution in [3.05, 3.63) is 57.2 Å². The Hall–Kier alpha value is -1.33. The Kier molecular flexibility index (Phi) is 4.04. The Morgan fingerprint density at radius 3 is 2.83 bits per heavy atom. The average Bonchev–Trinajstić information content (AvgIpc) is 2.77. The Bertz CT molecular complexity index is 585. The molecule has 0 aliphatic heterocycles. The van der Waals surface area contributed by atoms with Gasteiger partial charge >= 0.3 is 0 Å². The fourth-order valence-electron chi connectivity index (χ4n) is 1.38. The number of furan rings is 1. The normalized spacial score (nSPS) is 10.4. The van der Waals surface area contributed by atoms with Crippen molar-refractivity contribution in [1.29, 1.82) is 0 Å². The van der Waals surface area contributed by atoms with Gasteiger partial charge in [-0.25, -0.2) is 4.39 Å². The van der Waals surface area contributed by atoms with Crippen molar-refractivity contribution in [1.82, 2.24) is 5.32 Å². The van der Waals surface area contributed by atoms with E-state index in [-0.39, 0.29) is 12.3 Å². The van der Waals surface area contributed by atoms with Crippen molar-refractivity contribution < 1.29 is 13.6 Å². The second-order valence-corrected chi connectivity index (χ2v) is 4.74. The number of carbonyl (C=O) groups is 1. The summed E-state index contributed by atoms with van der Waals surface area (Å²) in [6, 6.07) is 7.30. The summed E-state index contributed by atoms with van der Waals surface area (Å²) in [6.07, 6.45) is 0. The first-order valence-corrected chi connectivity index (χ1v) is 6.21. The third-order valence-corrected chi connectivity index (χ3v) is 2.91. The lowest BCUT2D eigenvalue weighted by atomic mass is 10.2. The van der Waals surface area contributed by atoms with Crippen LogP contribution in [0.25, 0.3) is 0 Å². The molecule has 0 spiro atoms. The van der Waals surface area contributed by atoms with Crippen LogP contribution in [0, 0.1) is 5.82 Å². The van der Waals surface area contributed by atoms with Crippen LogP contribution in [0.15, 0.2) is 39.4 Å². The predicted molar refractivity (Wildman–Crippen MR) is 69.0 cm³/mol. The van der Waals surface area contributed by atoms with E-state index in [1.54, 1.807) is 6.07 Å². The van der Waals surface area contributed by atoms with E-state index < -0.39 is 11.7 Å². The van der Waals surface area contributed by atoms with Gasteiger partial charge in [-0.05, 0) is 46.3 Å². The monoisotopic (exact) mass is 331 g/mol. The Balaban J connectivity index is 2.03. The number of halogens is 3. The van der Waals surface area contributed by atoms with Crippen molar-refractivity contribution in [3.63, 3.8) is 0 Å². The number of hydrogen-bond acceptors (Lipinski definition) is 2. The molecular formula is C12H8BrClFNO2. The van der Waals surface area contributed by atoms with Gasteiger partial charge in [0, 0.05) is 17.1 Å². The highest BCUT2D eigenvalue weighted by Crippen LogP contribution is 2.16.